The number of carbonyl (C=O) groups is 2. The summed E-state index contributed by atoms with van der Waals surface area (Å²) in [5.41, 5.74) is 0. The molecule has 0 aliphatic carbocycles. The lowest BCUT2D eigenvalue weighted by Gasteiger charge is -2.26. The molecule has 0 saturated carbocycles. The van der Waals surface area contributed by atoms with Crippen LogP contribution in [0.4, 0.5) is 0 Å². The zero-order valence-electron chi connectivity index (χ0n) is 11.1. The van der Waals surface area contributed by atoms with Crippen LogP contribution >= 0.6 is 11.8 Å². The number of carbonyl (C=O) groups excluding carboxylic acids is 2. The summed E-state index contributed by atoms with van der Waals surface area (Å²) in [7, 11) is 0. The standard InChI is InChI=1S/C12H17N5O2S/c18-11(5-15-9-20-6-12(15)19)17-3-1-2-10(17)4-16-8-13-7-14-16/h7-8,10H,1-6,9H2. The van der Waals surface area contributed by atoms with Gasteiger partial charge in [0.1, 0.15) is 19.2 Å². The van der Waals surface area contributed by atoms with Crippen LogP contribution < -0.4 is 0 Å². The molecule has 7 nitrogen and oxygen atoms in total. The summed E-state index contributed by atoms with van der Waals surface area (Å²) in [5.74, 6) is 1.24. The minimum Gasteiger partial charge on any atom is -0.336 e. The Morgan fingerprint density at radius 3 is 3.10 bits per heavy atom. The number of hydrogen-bond donors (Lipinski definition) is 0. The first-order valence-corrected chi connectivity index (χ1v) is 7.87. The number of rotatable bonds is 4. The van der Waals surface area contributed by atoms with E-state index in [9.17, 15) is 9.59 Å². The molecule has 3 heterocycles. The van der Waals surface area contributed by atoms with Crippen LogP contribution in [-0.2, 0) is 16.1 Å². The largest absolute Gasteiger partial charge is 0.336 e. The van der Waals surface area contributed by atoms with Gasteiger partial charge >= 0.3 is 0 Å². The van der Waals surface area contributed by atoms with Gasteiger partial charge in [-0.15, -0.1) is 11.8 Å². The van der Waals surface area contributed by atoms with Crippen LogP contribution in [0.15, 0.2) is 12.7 Å². The molecule has 0 aromatic carbocycles. The smallest absolute Gasteiger partial charge is 0.242 e. The van der Waals surface area contributed by atoms with Gasteiger partial charge in [-0.05, 0) is 12.8 Å². The second-order valence-corrected chi connectivity index (χ2v) is 6.03. The lowest BCUT2D eigenvalue weighted by Crippen LogP contribution is -2.44. The zero-order chi connectivity index (χ0) is 13.9. The van der Waals surface area contributed by atoms with E-state index in [2.05, 4.69) is 10.1 Å². The van der Waals surface area contributed by atoms with Crippen molar-refractivity contribution in [1.29, 1.82) is 0 Å². The van der Waals surface area contributed by atoms with E-state index in [4.69, 9.17) is 0 Å². The molecule has 2 aliphatic heterocycles. The Hall–Kier alpha value is -1.57. The Bertz CT molecular complexity index is 492. The average Bonchev–Trinajstić information content (AvgIpc) is 3.14. The van der Waals surface area contributed by atoms with E-state index in [-0.39, 0.29) is 24.4 Å². The van der Waals surface area contributed by atoms with E-state index in [1.54, 1.807) is 27.7 Å². The maximum absolute atomic E-state index is 12.4. The molecule has 2 amide bonds. The predicted octanol–water partition coefficient (Wildman–Crippen LogP) is -0.198. The lowest BCUT2D eigenvalue weighted by molar-refractivity contribution is -0.138. The van der Waals surface area contributed by atoms with E-state index < -0.39 is 0 Å². The van der Waals surface area contributed by atoms with Crippen molar-refractivity contribution in [1.82, 2.24) is 24.6 Å². The molecule has 0 spiro atoms. The summed E-state index contributed by atoms with van der Waals surface area (Å²) in [6.45, 7) is 1.65. The monoisotopic (exact) mass is 295 g/mol. The molecule has 0 radical (unpaired) electrons. The van der Waals surface area contributed by atoms with Gasteiger partial charge in [0.05, 0.1) is 24.2 Å². The van der Waals surface area contributed by atoms with Gasteiger partial charge in [-0.2, -0.15) is 5.10 Å². The van der Waals surface area contributed by atoms with E-state index in [1.165, 1.54) is 6.33 Å². The third-order valence-corrected chi connectivity index (χ3v) is 4.66. The molecule has 1 atom stereocenters. The molecule has 1 aromatic rings. The predicted molar refractivity (Wildman–Crippen MR) is 73.8 cm³/mol. The van der Waals surface area contributed by atoms with Crippen LogP contribution in [0.3, 0.4) is 0 Å². The van der Waals surface area contributed by atoms with Crippen LogP contribution in [0.5, 0.6) is 0 Å². The Kier molecular flexibility index (Phi) is 3.90. The highest BCUT2D eigenvalue weighted by Gasteiger charge is 2.32. The first-order valence-electron chi connectivity index (χ1n) is 6.71. The molecule has 8 heteroatoms. The van der Waals surface area contributed by atoms with Gasteiger partial charge in [0.15, 0.2) is 0 Å². The molecule has 0 bridgehead atoms. The van der Waals surface area contributed by atoms with Crippen molar-refractivity contribution in [2.45, 2.75) is 25.4 Å². The van der Waals surface area contributed by atoms with Gasteiger partial charge in [0.25, 0.3) is 0 Å². The van der Waals surface area contributed by atoms with E-state index >= 15 is 0 Å². The maximum atomic E-state index is 12.4. The van der Waals surface area contributed by atoms with Crippen LogP contribution in [0, 0.1) is 0 Å². The summed E-state index contributed by atoms with van der Waals surface area (Å²) < 4.78 is 1.76. The third kappa shape index (κ3) is 2.79. The molecule has 1 unspecified atom stereocenters. The van der Waals surface area contributed by atoms with Crippen molar-refractivity contribution in [3.05, 3.63) is 12.7 Å². The van der Waals surface area contributed by atoms with Crippen molar-refractivity contribution in [2.75, 3.05) is 24.7 Å². The fourth-order valence-corrected chi connectivity index (χ4v) is 3.60. The lowest BCUT2D eigenvalue weighted by atomic mass is 10.2. The molecular weight excluding hydrogens is 278 g/mol. The maximum Gasteiger partial charge on any atom is 0.242 e. The van der Waals surface area contributed by atoms with Crippen molar-refractivity contribution in [2.24, 2.45) is 0 Å². The minimum absolute atomic E-state index is 0.0449. The highest BCUT2D eigenvalue weighted by Crippen LogP contribution is 2.20. The quantitative estimate of drug-likeness (QED) is 0.769. The number of thioether (sulfide) groups is 1. The number of nitrogens with zero attached hydrogens (tertiary/aromatic N) is 5. The first-order chi connectivity index (χ1) is 9.74. The molecule has 2 aliphatic rings. The van der Waals surface area contributed by atoms with Gasteiger partial charge in [0, 0.05) is 6.54 Å². The Morgan fingerprint density at radius 2 is 2.40 bits per heavy atom. The van der Waals surface area contributed by atoms with Crippen LogP contribution in [0.25, 0.3) is 0 Å². The van der Waals surface area contributed by atoms with Crippen molar-refractivity contribution >= 4 is 23.6 Å². The second kappa shape index (κ2) is 5.82. The van der Waals surface area contributed by atoms with Gasteiger partial charge in [-0.1, -0.05) is 0 Å². The first kappa shape index (κ1) is 13.4. The summed E-state index contributed by atoms with van der Waals surface area (Å²) in [5, 5.41) is 4.09. The third-order valence-electron chi connectivity index (χ3n) is 3.71. The van der Waals surface area contributed by atoms with Gasteiger partial charge in [-0.3, -0.25) is 14.3 Å². The molecule has 1 aromatic heterocycles. The summed E-state index contributed by atoms with van der Waals surface area (Å²) in [6.07, 6.45) is 5.16. The van der Waals surface area contributed by atoms with Crippen LogP contribution in [-0.4, -0.2) is 67.1 Å². The van der Waals surface area contributed by atoms with Crippen molar-refractivity contribution in [3.8, 4) is 0 Å². The summed E-state index contributed by atoms with van der Waals surface area (Å²) in [6, 6.07) is 0.162. The number of hydrogen-bond acceptors (Lipinski definition) is 5. The van der Waals surface area contributed by atoms with Crippen LogP contribution in [0.2, 0.25) is 0 Å². The van der Waals surface area contributed by atoms with E-state index in [0.717, 1.165) is 19.4 Å². The molecule has 2 fully saturated rings. The Balaban J connectivity index is 1.59. The summed E-state index contributed by atoms with van der Waals surface area (Å²) >= 11 is 1.56. The van der Waals surface area contributed by atoms with Gasteiger partial charge in [-0.25, -0.2) is 4.98 Å². The topological polar surface area (TPSA) is 71.3 Å². The highest BCUT2D eigenvalue weighted by molar-refractivity contribution is 8.00. The number of likely N-dealkylation sites (tertiary alicyclic amines) is 1. The van der Waals surface area contributed by atoms with Crippen molar-refractivity contribution in [3.63, 3.8) is 0 Å². The zero-order valence-corrected chi connectivity index (χ0v) is 12.0. The average molecular weight is 295 g/mol. The normalized spacial score (nSPS) is 22.8. The van der Waals surface area contributed by atoms with Gasteiger partial charge < -0.3 is 9.80 Å². The molecule has 2 saturated heterocycles. The molecule has 3 rings (SSSR count). The summed E-state index contributed by atoms with van der Waals surface area (Å²) in [4.78, 5) is 31.4. The Morgan fingerprint density at radius 1 is 1.50 bits per heavy atom. The second-order valence-electron chi connectivity index (χ2n) is 5.07. The number of aromatic nitrogens is 3. The number of amides is 2. The van der Waals surface area contributed by atoms with E-state index in [1.807, 2.05) is 4.90 Å². The molecule has 0 N–H and O–H groups in total. The van der Waals surface area contributed by atoms with Crippen LogP contribution in [0.1, 0.15) is 12.8 Å². The Labute approximate surface area is 121 Å². The molecule has 108 valence electrons. The van der Waals surface area contributed by atoms with E-state index in [0.29, 0.717) is 18.2 Å². The fraction of sp³-hybridized carbons (Fsp3) is 0.667. The van der Waals surface area contributed by atoms with Gasteiger partial charge in [0.2, 0.25) is 11.8 Å². The SMILES string of the molecule is O=C1CSCN1CC(=O)N1CCCC1Cn1cncn1. The molecule has 20 heavy (non-hydrogen) atoms. The van der Waals surface area contributed by atoms with Crippen molar-refractivity contribution < 1.29 is 9.59 Å². The highest BCUT2D eigenvalue weighted by atomic mass is 32.2. The minimum atomic E-state index is 0.0449. The fourth-order valence-electron chi connectivity index (χ4n) is 2.69. The molecular formula is C12H17N5O2S.